The number of likely N-dealkylation sites (tertiary alicyclic amines) is 1. The molecule has 1 saturated heterocycles. The van der Waals surface area contributed by atoms with Crippen LogP contribution in [-0.4, -0.2) is 34.3 Å². The summed E-state index contributed by atoms with van der Waals surface area (Å²) in [5.74, 6) is -0.259. The minimum atomic E-state index is -0.452. The molecule has 3 aromatic rings. The van der Waals surface area contributed by atoms with Crippen LogP contribution in [0.25, 0.3) is 0 Å². The maximum Gasteiger partial charge on any atom is 0.254 e. The Balaban J connectivity index is 1.40. The van der Waals surface area contributed by atoms with Crippen molar-refractivity contribution in [3.05, 3.63) is 82.4 Å². The zero-order valence-electron chi connectivity index (χ0n) is 16.3. The van der Waals surface area contributed by atoms with Crippen molar-refractivity contribution < 1.29 is 9.59 Å². The predicted molar refractivity (Wildman–Crippen MR) is 115 cm³/mol. The van der Waals surface area contributed by atoms with Crippen molar-refractivity contribution in [3.8, 4) is 0 Å². The molecule has 29 heavy (non-hydrogen) atoms. The van der Waals surface area contributed by atoms with E-state index < -0.39 is 6.04 Å². The third-order valence-electron chi connectivity index (χ3n) is 5.12. The third-order valence-corrected chi connectivity index (χ3v) is 6.03. The second kappa shape index (κ2) is 8.57. The first-order valence-electron chi connectivity index (χ1n) is 9.77. The van der Waals surface area contributed by atoms with Crippen LogP contribution in [0.1, 0.15) is 39.2 Å². The molecular formula is C23H23N3O2S. The molecule has 2 aromatic carbocycles. The number of nitrogens with one attached hydrogen (secondary N) is 1. The number of thiazole rings is 1. The van der Waals surface area contributed by atoms with E-state index in [2.05, 4.69) is 41.5 Å². The quantitative estimate of drug-likeness (QED) is 0.689. The lowest BCUT2D eigenvalue weighted by molar-refractivity contribution is -0.119. The molecule has 1 N–H and O–H groups in total. The Morgan fingerprint density at radius 1 is 1.14 bits per heavy atom. The minimum absolute atomic E-state index is 0.0950. The van der Waals surface area contributed by atoms with E-state index in [-0.39, 0.29) is 11.8 Å². The number of rotatable bonds is 5. The molecule has 5 nitrogen and oxygen atoms in total. The maximum absolute atomic E-state index is 12.8. The van der Waals surface area contributed by atoms with Crippen LogP contribution in [0.2, 0.25) is 0 Å². The van der Waals surface area contributed by atoms with E-state index in [1.807, 2.05) is 24.4 Å². The molecule has 1 aliphatic rings. The van der Waals surface area contributed by atoms with E-state index in [0.717, 1.165) is 17.7 Å². The largest absolute Gasteiger partial charge is 0.327 e. The summed E-state index contributed by atoms with van der Waals surface area (Å²) in [7, 11) is 0. The minimum Gasteiger partial charge on any atom is -0.327 e. The predicted octanol–water partition coefficient (Wildman–Crippen LogP) is 4.29. The van der Waals surface area contributed by atoms with E-state index in [1.165, 1.54) is 22.5 Å². The van der Waals surface area contributed by atoms with Crippen molar-refractivity contribution >= 4 is 28.3 Å². The molecule has 0 aliphatic carbocycles. The fourth-order valence-electron chi connectivity index (χ4n) is 3.57. The number of hydrogen-bond acceptors (Lipinski definition) is 4. The highest BCUT2D eigenvalue weighted by Crippen LogP contribution is 2.25. The lowest BCUT2D eigenvalue weighted by Crippen LogP contribution is -2.43. The summed E-state index contributed by atoms with van der Waals surface area (Å²) < 4.78 is 0. The summed E-state index contributed by atoms with van der Waals surface area (Å²) in [6.07, 6.45) is 4.09. The topological polar surface area (TPSA) is 62.3 Å². The molecule has 0 radical (unpaired) electrons. The summed E-state index contributed by atoms with van der Waals surface area (Å²) in [4.78, 5) is 32.7. The van der Waals surface area contributed by atoms with Crippen LogP contribution in [-0.2, 0) is 11.2 Å². The molecule has 1 atom stereocenters. The Bertz CT molecular complexity index is 998. The van der Waals surface area contributed by atoms with Crippen LogP contribution in [0.4, 0.5) is 5.13 Å². The first-order valence-corrected chi connectivity index (χ1v) is 10.6. The monoisotopic (exact) mass is 405 g/mol. The number of aryl methyl sites for hydroxylation is 1. The van der Waals surface area contributed by atoms with Gasteiger partial charge in [-0.1, -0.05) is 48.0 Å². The van der Waals surface area contributed by atoms with Crippen LogP contribution in [0.5, 0.6) is 0 Å². The molecule has 1 aromatic heterocycles. The van der Waals surface area contributed by atoms with Crippen molar-refractivity contribution in [1.29, 1.82) is 0 Å². The van der Waals surface area contributed by atoms with Crippen LogP contribution in [0.3, 0.4) is 0 Å². The number of benzene rings is 2. The molecule has 2 amide bonds. The van der Waals surface area contributed by atoms with Gasteiger partial charge >= 0.3 is 0 Å². The van der Waals surface area contributed by atoms with Gasteiger partial charge in [-0.25, -0.2) is 4.98 Å². The Hall–Kier alpha value is -2.99. The number of nitrogens with zero attached hydrogens (tertiary/aromatic N) is 2. The van der Waals surface area contributed by atoms with Gasteiger partial charge in [0.1, 0.15) is 6.04 Å². The number of anilines is 1. The van der Waals surface area contributed by atoms with Crippen LogP contribution in [0, 0.1) is 6.92 Å². The lowest BCUT2D eigenvalue weighted by atomic mass is 10.1. The number of hydrogen-bond donors (Lipinski definition) is 1. The van der Waals surface area contributed by atoms with Gasteiger partial charge in [-0.3, -0.25) is 9.59 Å². The Morgan fingerprint density at radius 3 is 2.66 bits per heavy atom. The van der Waals surface area contributed by atoms with E-state index in [4.69, 9.17) is 0 Å². The highest BCUT2D eigenvalue weighted by molar-refractivity contribution is 7.15. The molecule has 4 rings (SSSR count). The zero-order chi connectivity index (χ0) is 20.2. The molecule has 2 heterocycles. The maximum atomic E-state index is 12.8. The van der Waals surface area contributed by atoms with E-state index >= 15 is 0 Å². The first kappa shape index (κ1) is 19.3. The highest BCUT2D eigenvalue weighted by Gasteiger charge is 2.34. The van der Waals surface area contributed by atoms with Gasteiger partial charge in [0, 0.05) is 29.6 Å². The highest BCUT2D eigenvalue weighted by atomic mass is 32.1. The summed E-state index contributed by atoms with van der Waals surface area (Å²) in [6, 6.07) is 17.1. The zero-order valence-corrected chi connectivity index (χ0v) is 17.1. The average molecular weight is 406 g/mol. The lowest BCUT2D eigenvalue weighted by Gasteiger charge is -2.23. The molecule has 0 unspecified atom stereocenters. The molecule has 0 bridgehead atoms. The Kier molecular flexibility index (Phi) is 5.71. The van der Waals surface area contributed by atoms with Crippen LogP contribution >= 0.6 is 11.3 Å². The number of amides is 2. The van der Waals surface area contributed by atoms with Crippen LogP contribution in [0.15, 0.2) is 60.8 Å². The van der Waals surface area contributed by atoms with Gasteiger partial charge in [0.15, 0.2) is 5.13 Å². The molecule has 6 heteroatoms. The van der Waals surface area contributed by atoms with Crippen LogP contribution < -0.4 is 5.32 Å². The second-order valence-electron chi connectivity index (χ2n) is 7.31. The summed E-state index contributed by atoms with van der Waals surface area (Å²) >= 11 is 1.48. The Morgan fingerprint density at radius 2 is 1.90 bits per heavy atom. The van der Waals surface area contributed by atoms with Gasteiger partial charge in [0.05, 0.1) is 0 Å². The summed E-state index contributed by atoms with van der Waals surface area (Å²) in [6.45, 7) is 2.67. The van der Waals surface area contributed by atoms with Crippen molar-refractivity contribution in [1.82, 2.24) is 9.88 Å². The molecule has 148 valence electrons. The second-order valence-corrected chi connectivity index (χ2v) is 8.42. The number of aromatic nitrogens is 1. The fraction of sp³-hybridized carbons (Fsp3) is 0.261. The van der Waals surface area contributed by atoms with Crippen molar-refractivity contribution in [3.63, 3.8) is 0 Å². The molecule has 0 saturated carbocycles. The Labute approximate surface area is 174 Å². The normalized spacial score (nSPS) is 16.0. The molecule has 0 spiro atoms. The fourth-order valence-corrected chi connectivity index (χ4v) is 4.42. The SMILES string of the molecule is Cc1ccc(Cc2cnc(NC(=O)[C@H]3CCCN3C(=O)c3ccccc3)s2)cc1. The molecular weight excluding hydrogens is 382 g/mol. The average Bonchev–Trinajstić information content (AvgIpc) is 3.39. The third kappa shape index (κ3) is 4.54. The van der Waals surface area contributed by atoms with E-state index in [9.17, 15) is 9.59 Å². The van der Waals surface area contributed by atoms with Crippen molar-refractivity contribution in [2.45, 2.75) is 32.2 Å². The number of carbonyl (C=O) groups is 2. The first-order chi connectivity index (χ1) is 14.1. The number of carbonyl (C=O) groups excluding carboxylic acids is 2. The van der Waals surface area contributed by atoms with Gasteiger partial charge in [-0.15, -0.1) is 11.3 Å². The van der Waals surface area contributed by atoms with Gasteiger partial charge in [0.2, 0.25) is 5.91 Å². The standard InChI is InChI=1S/C23H23N3O2S/c1-16-9-11-17(12-10-16)14-19-15-24-23(29-19)25-21(27)20-8-5-13-26(20)22(28)18-6-3-2-4-7-18/h2-4,6-7,9-12,15,20H,5,8,13-14H2,1H3,(H,24,25,27)/t20-/m1/s1. The van der Waals surface area contributed by atoms with E-state index in [1.54, 1.807) is 17.0 Å². The summed E-state index contributed by atoms with van der Waals surface area (Å²) in [5, 5.41) is 3.49. The van der Waals surface area contributed by atoms with Gasteiger partial charge in [0.25, 0.3) is 5.91 Å². The summed E-state index contributed by atoms with van der Waals surface area (Å²) in [5.41, 5.74) is 3.06. The van der Waals surface area contributed by atoms with E-state index in [0.29, 0.717) is 23.7 Å². The van der Waals surface area contributed by atoms with Gasteiger partial charge in [-0.05, 0) is 37.5 Å². The molecule has 1 aliphatic heterocycles. The van der Waals surface area contributed by atoms with Crippen molar-refractivity contribution in [2.75, 3.05) is 11.9 Å². The van der Waals surface area contributed by atoms with Gasteiger partial charge in [-0.2, -0.15) is 0 Å². The van der Waals surface area contributed by atoms with Crippen molar-refractivity contribution in [2.24, 2.45) is 0 Å². The smallest absolute Gasteiger partial charge is 0.254 e. The molecule has 1 fully saturated rings. The van der Waals surface area contributed by atoms with Gasteiger partial charge < -0.3 is 10.2 Å².